The lowest BCUT2D eigenvalue weighted by Crippen LogP contribution is -2.56. The molecule has 5 heteroatoms. The fourth-order valence-electron chi connectivity index (χ4n) is 2.91. The number of primary amides is 1. The van der Waals surface area contributed by atoms with E-state index >= 15 is 0 Å². The minimum Gasteiger partial charge on any atom is -0.368 e. The maximum absolute atomic E-state index is 11.1. The van der Waals surface area contributed by atoms with E-state index in [-0.39, 0.29) is 0 Å². The number of hydrogen-bond donors (Lipinski definition) is 2. The summed E-state index contributed by atoms with van der Waals surface area (Å²) in [7, 11) is 6.54. The molecule has 0 aromatic carbocycles. The van der Waals surface area contributed by atoms with Gasteiger partial charge in [0.05, 0.1) is 5.54 Å². The predicted molar refractivity (Wildman–Crippen MR) is 83.4 cm³/mol. The lowest BCUT2D eigenvalue weighted by Gasteiger charge is -2.49. The van der Waals surface area contributed by atoms with E-state index in [1.807, 2.05) is 0 Å². The Kier molecular flexibility index (Phi) is 5.98. The highest BCUT2D eigenvalue weighted by molar-refractivity contribution is 5.83. The van der Waals surface area contributed by atoms with Crippen molar-refractivity contribution < 1.29 is 4.79 Å². The van der Waals surface area contributed by atoms with Gasteiger partial charge in [-0.05, 0) is 73.1 Å². The highest BCUT2D eigenvalue weighted by Gasteiger charge is 2.39. The summed E-state index contributed by atoms with van der Waals surface area (Å²) in [5.74, 6) is -0.410. The molecule has 0 bridgehead atoms. The summed E-state index contributed by atoms with van der Waals surface area (Å²) in [6, 6.07) is 0. The second kappa shape index (κ2) is 6.87. The SMILES string of the molecule is CN(CCCCC(C)(N)C(N)=O)CC1(N(C)C)CCC1. The average molecular weight is 284 g/mol. The third-order valence-corrected chi connectivity index (χ3v) is 4.85. The van der Waals surface area contributed by atoms with Gasteiger partial charge in [0.15, 0.2) is 0 Å². The summed E-state index contributed by atoms with van der Waals surface area (Å²) in [6.45, 7) is 3.88. The average Bonchev–Trinajstić information content (AvgIpc) is 2.28. The Bertz CT molecular complexity index is 324. The van der Waals surface area contributed by atoms with E-state index in [2.05, 4.69) is 30.9 Å². The molecule has 0 radical (unpaired) electrons. The maximum atomic E-state index is 11.1. The number of carbonyl (C=O) groups excluding carboxylic acids is 1. The standard InChI is InChI=1S/C15H32N4O/c1-14(17,13(16)20)8-5-6-11-19(4)12-15(18(2)3)9-7-10-15/h5-12,17H2,1-4H3,(H2,16,20). The number of hydrogen-bond acceptors (Lipinski definition) is 4. The first kappa shape index (κ1) is 17.4. The highest BCUT2D eigenvalue weighted by Crippen LogP contribution is 2.36. The van der Waals surface area contributed by atoms with Crippen molar-refractivity contribution in [3.05, 3.63) is 0 Å². The summed E-state index contributed by atoms with van der Waals surface area (Å²) in [6.07, 6.45) is 6.60. The Morgan fingerprint density at radius 1 is 1.25 bits per heavy atom. The molecule has 1 saturated carbocycles. The van der Waals surface area contributed by atoms with Gasteiger partial charge in [0.25, 0.3) is 0 Å². The molecule has 118 valence electrons. The summed E-state index contributed by atoms with van der Waals surface area (Å²) >= 11 is 0. The third-order valence-electron chi connectivity index (χ3n) is 4.85. The lowest BCUT2D eigenvalue weighted by atomic mass is 9.75. The fourth-order valence-corrected chi connectivity index (χ4v) is 2.91. The van der Waals surface area contributed by atoms with E-state index < -0.39 is 11.4 Å². The highest BCUT2D eigenvalue weighted by atomic mass is 16.1. The van der Waals surface area contributed by atoms with Crippen molar-refractivity contribution in [2.24, 2.45) is 11.5 Å². The molecule has 1 aliphatic rings. The molecule has 0 saturated heterocycles. The van der Waals surface area contributed by atoms with E-state index in [0.717, 1.165) is 25.9 Å². The summed E-state index contributed by atoms with van der Waals surface area (Å²) in [4.78, 5) is 15.9. The quantitative estimate of drug-likeness (QED) is 0.613. The van der Waals surface area contributed by atoms with Crippen LogP contribution in [-0.2, 0) is 4.79 Å². The topological polar surface area (TPSA) is 75.6 Å². The monoisotopic (exact) mass is 284 g/mol. The van der Waals surface area contributed by atoms with Crippen LogP contribution in [-0.4, -0.2) is 61.0 Å². The van der Waals surface area contributed by atoms with Gasteiger partial charge >= 0.3 is 0 Å². The summed E-state index contributed by atoms with van der Waals surface area (Å²) < 4.78 is 0. The van der Waals surface area contributed by atoms with E-state index in [0.29, 0.717) is 12.0 Å². The molecular formula is C15H32N4O. The van der Waals surface area contributed by atoms with Crippen LogP contribution in [0.1, 0.15) is 45.4 Å². The van der Waals surface area contributed by atoms with E-state index in [1.165, 1.54) is 19.3 Å². The minimum atomic E-state index is -0.864. The molecule has 1 unspecified atom stereocenters. The number of nitrogens with zero attached hydrogens (tertiary/aromatic N) is 2. The zero-order chi connectivity index (χ0) is 15.4. The second-order valence-corrected chi connectivity index (χ2v) is 6.95. The Labute approximate surface area is 123 Å². The normalized spacial score (nSPS) is 20.8. The Morgan fingerprint density at radius 3 is 2.25 bits per heavy atom. The molecule has 0 heterocycles. The smallest absolute Gasteiger partial charge is 0.237 e. The number of carbonyl (C=O) groups is 1. The molecule has 4 N–H and O–H groups in total. The Balaban J connectivity index is 2.24. The van der Waals surface area contributed by atoms with Crippen molar-refractivity contribution in [1.29, 1.82) is 0 Å². The van der Waals surface area contributed by atoms with Crippen LogP contribution in [0, 0.1) is 0 Å². The summed E-state index contributed by atoms with van der Waals surface area (Å²) in [5.41, 5.74) is 10.6. The molecule has 1 fully saturated rings. The lowest BCUT2D eigenvalue weighted by molar-refractivity contribution is -0.122. The van der Waals surface area contributed by atoms with Crippen LogP contribution >= 0.6 is 0 Å². The van der Waals surface area contributed by atoms with Crippen molar-refractivity contribution in [3.8, 4) is 0 Å². The molecule has 20 heavy (non-hydrogen) atoms. The zero-order valence-corrected chi connectivity index (χ0v) is 13.6. The fraction of sp³-hybridized carbons (Fsp3) is 0.933. The maximum Gasteiger partial charge on any atom is 0.237 e. The van der Waals surface area contributed by atoms with Gasteiger partial charge in [-0.15, -0.1) is 0 Å². The van der Waals surface area contributed by atoms with Gasteiger partial charge in [-0.25, -0.2) is 0 Å². The minimum absolute atomic E-state index is 0.379. The van der Waals surface area contributed by atoms with Gasteiger partial charge in [0.2, 0.25) is 5.91 Å². The molecule has 5 nitrogen and oxygen atoms in total. The van der Waals surface area contributed by atoms with Crippen LogP contribution in [0.3, 0.4) is 0 Å². The van der Waals surface area contributed by atoms with Crippen LogP contribution in [0.2, 0.25) is 0 Å². The number of unbranched alkanes of at least 4 members (excludes halogenated alkanes) is 1. The van der Waals surface area contributed by atoms with Crippen molar-refractivity contribution in [1.82, 2.24) is 9.80 Å². The molecule has 1 amide bonds. The number of amides is 1. The van der Waals surface area contributed by atoms with Crippen molar-refractivity contribution in [2.45, 2.75) is 56.5 Å². The molecule has 0 aromatic heterocycles. The van der Waals surface area contributed by atoms with Crippen molar-refractivity contribution in [2.75, 3.05) is 34.2 Å². The number of nitrogens with two attached hydrogens (primary N) is 2. The first-order valence-electron chi connectivity index (χ1n) is 7.64. The van der Waals surface area contributed by atoms with Gasteiger partial charge in [0, 0.05) is 12.1 Å². The van der Waals surface area contributed by atoms with Gasteiger partial charge in [-0.1, -0.05) is 0 Å². The van der Waals surface area contributed by atoms with Crippen molar-refractivity contribution in [3.63, 3.8) is 0 Å². The van der Waals surface area contributed by atoms with Crippen LogP contribution in [0.5, 0.6) is 0 Å². The number of rotatable bonds is 9. The van der Waals surface area contributed by atoms with E-state index in [1.54, 1.807) is 6.92 Å². The third kappa shape index (κ3) is 4.43. The van der Waals surface area contributed by atoms with Crippen LogP contribution in [0.4, 0.5) is 0 Å². The summed E-state index contributed by atoms with van der Waals surface area (Å²) in [5, 5.41) is 0. The van der Waals surface area contributed by atoms with Gasteiger partial charge < -0.3 is 21.3 Å². The first-order valence-corrected chi connectivity index (χ1v) is 7.64. The molecule has 0 aliphatic heterocycles. The zero-order valence-electron chi connectivity index (χ0n) is 13.6. The molecule has 1 aliphatic carbocycles. The largest absolute Gasteiger partial charge is 0.368 e. The van der Waals surface area contributed by atoms with E-state index in [4.69, 9.17) is 11.5 Å². The molecule has 0 spiro atoms. The van der Waals surface area contributed by atoms with Crippen molar-refractivity contribution >= 4 is 5.91 Å². The number of likely N-dealkylation sites (N-methyl/N-ethyl adjacent to an activating group) is 2. The molecular weight excluding hydrogens is 252 g/mol. The van der Waals surface area contributed by atoms with Crippen LogP contribution in [0.15, 0.2) is 0 Å². The molecule has 0 aromatic rings. The van der Waals surface area contributed by atoms with Crippen LogP contribution in [0.25, 0.3) is 0 Å². The second-order valence-electron chi connectivity index (χ2n) is 6.95. The molecule has 1 rings (SSSR count). The first-order chi connectivity index (χ1) is 9.19. The Morgan fingerprint density at radius 2 is 1.85 bits per heavy atom. The Hall–Kier alpha value is -0.650. The molecule has 1 atom stereocenters. The van der Waals surface area contributed by atoms with E-state index in [9.17, 15) is 4.79 Å². The van der Waals surface area contributed by atoms with Gasteiger partial charge in [-0.2, -0.15) is 0 Å². The van der Waals surface area contributed by atoms with Crippen LogP contribution < -0.4 is 11.5 Å². The van der Waals surface area contributed by atoms with Gasteiger partial charge in [-0.3, -0.25) is 4.79 Å². The van der Waals surface area contributed by atoms with Gasteiger partial charge in [0.1, 0.15) is 0 Å². The predicted octanol–water partition coefficient (Wildman–Crippen LogP) is 0.776.